The number of carbonyl (C=O) groups is 2. The molecule has 2 aliphatic rings. The number of anilines is 3. The largest absolute Gasteiger partial charge is 0.542 e. The number of aromatic amines is 1. The van der Waals surface area contributed by atoms with Crippen LogP contribution in [0.1, 0.15) is 18.3 Å². The summed E-state index contributed by atoms with van der Waals surface area (Å²) in [5.74, 6) is -3.06. The van der Waals surface area contributed by atoms with Crippen molar-refractivity contribution in [2.45, 2.75) is 18.2 Å². The Bertz CT molecular complexity index is 1680. The molecule has 2 fully saturated rings. The van der Waals surface area contributed by atoms with Crippen molar-refractivity contribution in [3.63, 3.8) is 0 Å². The lowest BCUT2D eigenvalue weighted by Gasteiger charge is -2.31. The summed E-state index contributed by atoms with van der Waals surface area (Å²) in [7, 11) is 0. The zero-order chi connectivity index (χ0) is 31.5. The van der Waals surface area contributed by atoms with E-state index in [4.69, 9.17) is 25.1 Å². The second kappa shape index (κ2) is 12.3. The number of nitrogens with one attached hydrogen (secondary N) is 2. The number of hydrogen-bond donors (Lipinski definition) is 4. The van der Waals surface area contributed by atoms with Crippen LogP contribution in [0, 0.1) is 5.82 Å². The number of rotatable bonds is 5. The number of aliphatic carboxylic acids is 1. The van der Waals surface area contributed by atoms with Gasteiger partial charge in [0.2, 0.25) is 5.95 Å². The Balaban J connectivity index is 0.000000519. The van der Waals surface area contributed by atoms with E-state index in [9.17, 15) is 22.4 Å². The molecule has 17 heteroatoms. The number of fused-ring (bicyclic) bond motifs is 1. The van der Waals surface area contributed by atoms with E-state index in [1.165, 1.54) is 18.2 Å². The van der Waals surface area contributed by atoms with Gasteiger partial charge in [0.15, 0.2) is 11.6 Å². The van der Waals surface area contributed by atoms with Crippen molar-refractivity contribution in [1.82, 2.24) is 24.8 Å². The molecule has 6 rings (SSSR count). The summed E-state index contributed by atoms with van der Waals surface area (Å²) in [5.41, 5.74) is 6.82. The molecule has 2 saturated heterocycles. The van der Waals surface area contributed by atoms with Gasteiger partial charge in [0, 0.05) is 44.6 Å². The average Bonchev–Trinajstić information content (AvgIpc) is 3.62. The summed E-state index contributed by atoms with van der Waals surface area (Å²) in [4.78, 5) is 39.2. The highest BCUT2D eigenvalue weighted by atomic mass is 19.4. The van der Waals surface area contributed by atoms with Crippen LogP contribution >= 0.6 is 0 Å². The topological polar surface area (TPSA) is 188 Å². The van der Waals surface area contributed by atoms with Crippen LogP contribution in [0.5, 0.6) is 11.5 Å². The Morgan fingerprint density at radius 3 is 2.70 bits per heavy atom. The molecular weight excluding hydrogens is 592 g/mol. The third kappa shape index (κ3) is 6.95. The van der Waals surface area contributed by atoms with E-state index < -0.39 is 18.0 Å². The maximum absolute atomic E-state index is 14.9. The van der Waals surface area contributed by atoms with Gasteiger partial charge >= 0.3 is 6.18 Å². The van der Waals surface area contributed by atoms with Gasteiger partial charge in [-0.2, -0.15) is 18.2 Å². The van der Waals surface area contributed by atoms with Crippen LogP contribution in [0.15, 0.2) is 48.8 Å². The monoisotopic (exact) mass is 620 g/mol. The normalized spacial score (nSPS) is 18.1. The standard InChI is InChI=1S/C25H25FN8O3.C2HF3O2.H2/c26-17-11-15(1-2-20(17)37-19-4-7-30-22-16(19)3-6-29-22)31-21-12-18(32-24(27)33-21)23(35)34-9-5-25(14-34)13-28-8-10-36-25;3-2(4,5)1(6)7;/h1-4,6-7,11-12,28H,5,8-10,13-14H2,(H,29,30)(H3,27,31,32,33);(H,6,7);1H. The van der Waals surface area contributed by atoms with Gasteiger partial charge in [0.05, 0.1) is 25.1 Å². The number of H-pyrrole nitrogens is 1. The highest BCUT2D eigenvalue weighted by molar-refractivity contribution is 5.93. The Morgan fingerprint density at radius 2 is 2.00 bits per heavy atom. The van der Waals surface area contributed by atoms with E-state index in [1.54, 1.807) is 29.4 Å². The molecule has 1 amide bonds. The number of halogens is 4. The maximum Gasteiger partial charge on any atom is 0.430 e. The minimum atomic E-state index is -5.19. The molecule has 1 unspecified atom stereocenters. The van der Waals surface area contributed by atoms with Gasteiger partial charge in [-0.05, 0) is 24.3 Å². The van der Waals surface area contributed by atoms with E-state index in [0.29, 0.717) is 36.8 Å². The van der Waals surface area contributed by atoms with E-state index >= 15 is 0 Å². The molecule has 44 heavy (non-hydrogen) atoms. The number of carboxylic acid groups (broad SMARTS) is 1. The first-order valence-electron chi connectivity index (χ1n) is 13.3. The van der Waals surface area contributed by atoms with Gasteiger partial charge < -0.3 is 45.6 Å². The zero-order valence-electron chi connectivity index (χ0n) is 22.9. The highest BCUT2D eigenvalue weighted by Crippen LogP contribution is 2.32. The Labute approximate surface area is 247 Å². The number of aromatic nitrogens is 4. The molecule has 2 aliphatic heterocycles. The number of quaternary nitrogens is 1. The van der Waals surface area contributed by atoms with Crippen molar-refractivity contribution in [3.8, 4) is 11.5 Å². The van der Waals surface area contributed by atoms with Crippen LogP contribution < -0.4 is 26.2 Å². The number of nitrogens with zero attached hydrogens (tertiary/aromatic N) is 4. The first kappa shape index (κ1) is 30.4. The number of nitrogen functional groups attached to an aromatic ring is 1. The van der Waals surface area contributed by atoms with E-state index in [-0.39, 0.29) is 36.1 Å². The average molecular weight is 621 g/mol. The van der Waals surface area contributed by atoms with Gasteiger partial charge in [-0.3, -0.25) is 4.79 Å². The lowest BCUT2D eigenvalue weighted by Crippen LogP contribution is -2.92. The predicted octanol–water partition coefficient (Wildman–Crippen LogP) is 1.33. The first-order chi connectivity index (χ1) is 20.9. The summed E-state index contributed by atoms with van der Waals surface area (Å²) in [6, 6.07) is 9.44. The van der Waals surface area contributed by atoms with Gasteiger partial charge in [-0.1, -0.05) is 0 Å². The van der Waals surface area contributed by atoms with Gasteiger partial charge in [0.25, 0.3) is 5.91 Å². The molecule has 6 N–H and O–H groups in total. The molecule has 3 aromatic heterocycles. The van der Waals surface area contributed by atoms with Crippen LogP contribution in [0.2, 0.25) is 0 Å². The van der Waals surface area contributed by atoms with Crippen molar-refractivity contribution in [1.29, 1.82) is 0 Å². The number of hydrogen-bond acceptors (Lipinski definition) is 10. The number of carboxylic acids is 1. The second-order valence-corrected chi connectivity index (χ2v) is 9.99. The van der Waals surface area contributed by atoms with Crippen molar-refractivity contribution in [3.05, 3.63) is 60.3 Å². The number of nitrogens with two attached hydrogens (primary N) is 2. The number of alkyl halides is 3. The second-order valence-electron chi connectivity index (χ2n) is 9.99. The smallest absolute Gasteiger partial charge is 0.430 e. The lowest BCUT2D eigenvalue weighted by molar-refractivity contribution is -0.685. The Hall–Kier alpha value is -5.03. The van der Waals surface area contributed by atoms with E-state index in [0.717, 1.165) is 24.9 Å². The third-order valence-corrected chi connectivity index (χ3v) is 6.89. The van der Waals surface area contributed by atoms with Crippen molar-refractivity contribution >= 4 is 40.4 Å². The number of carbonyl (C=O) groups excluding carboxylic acids is 2. The molecule has 1 aromatic carbocycles. The molecule has 234 valence electrons. The highest BCUT2D eigenvalue weighted by Gasteiger charge is 2.44. The summed E-state index contributed by atoms with van der Waals surface area (Å²) < 4.78 is 58.2. The lowest BCUT2D eigenvalue weighted by atomic mass is 10.0. The van der Waals surface area contributed by atoms with Crippen LogP contribution in [-0.4, -0.2) is 81.3 Å². The Morgan fingerprint density at radius 1 is 1.20 bits per heavy atom. The van der Waals surface area contributed by atoms with Crippen LogP contribution in [0.4, 0.5) is 35.0 Å². The molecule has 0 bridgehead atoms. The SMILES string of the molecule is Nc1nc(Nc2ccc(Oc3ccnc4[nH]ccc34)c(F)c2)cc(C(=O)N2CCC3(C[NH2+]CCO3)C2)n1.O=C([O-])C(F)(F)F.[HH]. The Kier molecular flexibility index (Phi) is 8.50. The molecule has 1 atom stereocenters. The van der Waals surface area contributed by atoms with Gasteiger partial charge in [-0.25, -0.2) is 14.4 Å². The number of morpholine rings is 1. The van der Waals surface area contributed by atoms with Crippen molar-refractivity contribution in [2.24, 2.45) is 0 Å². The molecule has 0 radical (unpaired) electrons. The fraction of sp³-hybridized carbons (Fsp3) is 0.296. The van der Waals surface area contributed by atoms with Gasteiger partial charge in [-0.15, -0.1) is 0 Å². The van der Waals surface area contributed by atoms with E-state index in [2.05, 4.69) is 30.6 Å². The minimum Gasteiger partial charge on any atom is -0.542 e. The number of ether oxygens (including phenoxy) is 2. The number of benzene rings is 1. The molecule has 0 aliphatic carbocycles. The number of pyridine rings is 1. The predicted molar refractivity (Wildman–Crippen MR) is 146 cm³/mol. The molecule has 0 saturated carbocycles. The van der Waals surface area contributed by atoms with Crippen molar-refractivity contribution < 1.29 is 48.5 Å². The van der Waals surface area contributed by atoms with Crippen molar-refractivity contribution in [2.75, 3.05) is 43.8 Å². The summed E-state index contributed by atoms with van der Waals surface area (Å²) in [5, 5.41) is 14.8. The first-order valence-corrected chi connectivity index (χ1v) is 13.3. The summed E-state index contributed by atoms with van der Waals surface area (Å²) in [6.45, 7) is 3.53. The molecule has 1 spiro atoms. The number of amides is 1. The minimum absolute atomic E-state index is 0. The molecule has 13 nitrogen and oxygen atoms in total. The molecule has 5 heterocycles. The fourth-order valence-electron chi connectivity index (χ4n) is 4.84. The summed E-state index contributed by atoms with van der Waals surface area (Å²) in [6.07, 6.45) is -1.09. The number of likely N-dealkylation sites (tertiary alicyclic amines) is 1. The van der Waals surface area contributed by atoms with Gasteiger partial charge in [0.1, 0.15) is 41.0 Å². The maximum atomic E-state index is 14.9. The molecular formula is C27H28F4N8O5. The zero-order valence-corrected chi connectivity index (χ0v) is 22.9. The van der Waals surface area contributed by atoms with E-state index in [1.807, 2.05) is 6.07 Å². The quantitative estimate of drug-likeness (QED) is 0.237. The third-order valence-electron chi connectivity index (χ3n) is 6.89. The van der Waals surface area contributed by atoms with Crippen LogP contribution in [-0.2, 0) is 9.53 Å². The fourth-order valence-corrected chi connectivity index (χ4v) is 4.84. The van der Waals surface area contributed by atoms with Crippen LogP contribution in [0.25, 0.3) is 11.0 Å². The molecule has 4 aromatic rings. The van der Waals surface area contributed by atoms with Crippen LogP contribution in [0.3, 0.4) is 0 Å². The summed E-state index contributed by atoms with van der Waals surface area (Å²) >= 11 is 0.